The summed E-state index contributed by atoms with van der Waals surface area (Å²) < 4.78 is 14.8. The molecule has 0 aromatic heterocycles. The second-order valence-corrected chi connectivity index (χ2v) is 11.4. The highest BCUT2D eigenvalue weighted by Gasteiger charge is 2.30. The van der Waals surface area contributed by atoms with Crippen LogP contribution in [-0.4, -0.2) is 13.1 Å². The number of thiocarbonyl (C=S) groups is 1. The molecule has 4 heteroatoms. The summed E-state index contributed by atoms with van der Waals surface area (Å²) in [4.78, 5) is 0.336. The molecule has 2 N–H and O–H groups in total. The number of rotatable bonds is 4. The van der Waals surface area contributed by atoms with Crippen LogP contribution in [-0.2, 0) is 12.8 Å². The third-order valence-corrected chi connectivity index (χ3v) is 5.79. The molecule has 1 nitrogen and oxygen atoms in total. The molecule has 106 valence electrons. The molecule has 0 spiro atoms. The molecule has 1 aromatic rings. The lowest BCUT2D eigenvalue weighted by Gasteiger charge is -2.27. The fraction of sp³-hybridized carbons (Fsp3) is 0.533. The second kappa shape index (κ2) is 5.71. The zero-order valence-corrected chi connectivity index (χ0v) is 14.6. The summed E-state index contributed by atoms with van der Waals surface area (Å²) in [7, 11) is -1.84. The Morgan fingerprint density at radius 2 is 1.63 bits per heavy atom. The van der Waals surface area contributed by atoms with Crippen LogP contribution in [0.3, 0.4) is 0 Å². The number of hydrogen-bond acceptors (Lipinski definition) is 1. The van der Waals surface area contributed by atoms with E-state index in [1.165, 1.54) is 0 Å². The lowest BCUT2D eigenvalue weighted by molar-refractivity contribution is 0.621. The lowest BCUT2D eigenvalue weighted by atomic mass is 9.92. The molecule has 0 saturated carbocycles. The average Bonchev–Trinajstić information content (AvgIpc) is 2.29. The van der Waals surface area contributed by atoms with Gasteiger partial charge < -0.3 is 5.73 Å². The van der Waals surface area contributed by atoms with E-state index in [4.69, 9.17) is 18.0 Å². The first-order valence-corrected chi connectivity index (χ1v) is 10.7. The van der Waals surface area contributed by atoms with Gasteiger partial charge in [0, 0.05) is 5.56 Å². The van der Waals surface area contributed by atoms with Gasteiger partial charge in [0.05, 0.1) is 8.07 Å². The van der Waals surface area contributed by atoms with Gasteiger partial charge in [0.15, 0.2) is 0 Å². The van der Waals surface area contributed by atoms with Crippen molar-refractivity contribution in [3.63, 3.8) is 0 Å². The van der Waals surface area contributed by atoms with Crippen molar-refractivity contribution in [1.29, 1.82) is 0 Å². The van der Waals surface area contributed by atoms with Crippen molar-refractivity contribution in [2.24, 2.45) is 5.73 Å². The Bertz CT molecular complexity index is 518. The highest BCUT2D eigenvalue weighted by molar-refractivity contribution is 7.80. The Morgan fingerprint density at radius 3 is 1.95 bits per heavy atom. The monoisotopic (exact) mass is 297 g/mol. The van der Waals surface area contributed by atoms with Crippen molar-refractivity contribution >= 4 is 30.5 Å². The zero-order valence-electron chi connectivity index (χ0n) is 12.8. The average molecular weight is 298 g/mol. The highest BCUT2D eigenvalue weighted by Crippen LogP contribution is 2.25. The summed E-state index contributed by atoms with van der Waals surface area (Å²) >= 11 is 5.22. The Hall–Kier alpha value is -0.743. The number of benzene rings is 1. The van der Waals surface area contributed by atoms with Gasteiger partial charge in [0.1, 0.15) is 10.8 Å². The molecule has 0 heterocycles. The van der Waals surface area contributed by atoms with E-state index in [0.717, 1.165) is 40.3 Å². The van der Waals surface area contributed by atoms with Crippen LogP contribution in [0.5, 0.6) is 0 Å². The maximum Gasteiger partial charge on any atom is 0.126 e. The largest absolute Gasteiger partial charge is 0.389 e. The topological polar surface area (TPSA) is 26.0 Å². The molecule has 0 bridgehead atoms. The van der Waals surface area contributed by atoms with Crippen molar-refractivity contribution in [2.45, 2.75) is 53.3 Å². The SMILES string of the molecule is CCc1c(C)c(F)c([Si](C)(C)C)c(C(N)=S)c1CC. The van der Waals surface area contributed by atoms with Gasteiger partial charge in [-0.3, -0.25) is 0 Å². The van der Waals surface area contributed by atoms with Gasteiger partial charge in [-0.25, -0.2) is 4.39 Å². The minimum absolute atomic E-state index is 0.0870. The van der Waals surface area contributed by atoms with Crippen molar-refractivity contribution in [3.05, 3.63) is 28.1 Å². The molecule has 0 aliphatic rings. The number of halogens is 1. The van der Waals surface area contributed by atoms with Crippen LogP contribution < -0.4 is 10.9 Å². The normalized spacial score (nSPS) is 11.7. The standard InChI is InChI=1S/C15H24FNSSi/c1-7-10-9(3)13(16)14(19(4,5)6)12(15(17)18)11(10)8-2/h7-8H2,1-6H3,(H2,17,18). The van der Waals surface area contributed by atoms with E-state index >= 15 is 0 Å². The van der Waals surface area contributed by atoms with Gasteiger partial charge in [-0.2, -0.15) is 0 Å². The molecule has 1 rings (SSSR count). The molecular weight excluding hydrogens is 273 g/mol. The van der Waals surface area contributed by atoms with Crippen molar-refractivity contribution in [3.8, 4) is 0 Å². The van der Waals surface area contributed by atoms with Crippen LogP contribution in [0.25, 0.3) is 0 Å². The van der Waals surface area contributed by atoms with Gasteiger partial charge in [-0.05, 0) is 41.6 Å². The van der Waals surface area contributed by atoms with Crippen LogP contribution in [0.15, 0.2) is 0 Å². The molecule has 0 saturated heterocycles. The zero-order chi connectivity index (χ0) is 15.0. The number of hydrogen-bond donors (Lipinski definition) is 1. The summed E-state index contributed by atoms with van der Waals surface area (Å²) in [6.07, 6.45) is 1.65. The smallest absolute Gasteiger partial charge is 0.126 e. The second-order valence-electron chi connectivity index (χ2n) is 5.97. The predicted octanol–water partition coefficient (Wildman–Crippen LogP) is 3.44. The van der Waals surface area contributed by atoms with E-state index in [-0.39, 0.29) is 5.82 Å². The van der Waals surface area contributed by atoms with Crippen LogP contribution >= 0.6 is 12.2 Å². The van der Waals surface area contributed by atoms with E-state index in [1.54, 1.807) is 0 Å². The number of nitrogens with two attached hydrogens (primary N) is 1. The Labute approximate surface area is 122 Å². The molecule has 0 fully saturated rings. The van der Waals surface area contributed by atoms with E-state index in [9.17, 15) is 4.39 Å². The molecule has 0 aliphatic heterocycles. The Morgan fingerprint density at radius 1 is 1.16 bits per heavy atom. The molecule has 0 radical (unpaired) electrons. The maximum atomic E-state index is 14.8. The fourth-order valence-corrected chi connectivity index (χ4v) is 5.00. The first-order chi connectivity index (χ1) is 8.66. The van der Waals surface area contributed by atoms with Gasteiger partial charge in [0.2, 0.25) is 0 Å². The van der Waals surface area contributed by atoms with Gasteiger partial charge in [-0.15, -0.1) is 0 Å². The summed E-state index contributed by atoms with van der Waals surface area (Å²) in [5.74, 6) is -0.0870. The Kier molecular flexibility index (Phi) is 4.90. The van der Waals surface area contributed by atoms with Crippen molar-refractivity contribution in [2.75, 3.05) is 0 Å². The molecule has 0 atom stereocenters. The van der Waals surface area contributed by atoms with Crippen LogP contribution in [0, 0.1) is 12.7 Å². The van der Waals surface area contributed by atoms with Crippen LogP contribution in [0.4, 0.5) is 4.39 Å². The molecular formula is C15H24FNSSi. The fourth-order valence-electron chi connectivity index (χ4n) is 2.80. The van der Waals surface area contributed by atoms with Crippen molar-refractivity contribution in [1.82, 2.24) is 0 Å². The van der Waals surface area contributed by atoms with Gasteiger partial charge >= 0.3 is 0 Å². The van der Waals surface area contributed by atoms with Crippen molar-refractivity contribution < 1.29 is 4.39 Å². The molecule has 19 heavy (non-hydrogen) atoms. The van der Waals surface area contributed by atoms with Crippen LogP contribution in [0.2, 0.25) is 19.6 Å². The third kappa shape index (κ3) is 2.89. The van der Waals surface area contributed by atoms with E-state index in [2.05, 4.69) is 33.5 Å². The summed E-state index contributed by atoms with van der Waals surface area (Å²) in [6.45, 7) is 12.4. The lowest BCUT2D eigenvalue weighted by Crippen LogP contribution is -2.46. The predicted molar refractivity (Wildman–Crippen MR) is 88.8 cm³/mol. The van der Waals surface area contributed by atoms with E-state index in [1.807, 2.05) is 6.92 Å². The molecule has 0 aliphatic carbocycles. The quantitative estimate of drug-likeness (QED) is 0.680. The van der Waals surface area contributed by atoms with Crippen LogP contribution in [0.1, 0.15) is 36.1 Å². The first-order valence-electron chi connectivity index (χ1n) is 6.80. The maximum absolute atomic E-state index is 14.8. The highest BCUT2D eigenvalue weighted by atomic mass is 32.1. The van der Waals surface area contributed by atoms with Gasteiger partial charge in [0.25, 0.3) is 0 Å². The van der Waals surface area contributed by atoms with Gasteiger partial charge in [-0.1, -0.05) is 45.7 Å². The minimum Gasteiger partial charge on any atom is -0.389 e. The summed E-state index contributed by atoms with van der Waals surface area (Å²) in [5.41, 5.74) is 9.73. The molecule has 0 unspecified atom stereocenters. The summed E-state index contributed by atoms with van der Waals surface area (Å²) in [6, 6.07) is 0. The first kappa shape index (κ1) is 16.3. The summed E-state index contributed by atoms with van der Waals surface area (Å²) in [5, 5.41) is 0.798. The molecule has 1 aromatic carbocycles. The minimum atomic E-state index is -1.84. The third-order valence-electron chi connectivity index (χ3n) is 3.62. The van der Waals surface area contributed by atoms with E-state index in [0.29, 0.717) is 4.99 Å². The van der Waals surface area contributed by atoms with E-state index < -0.39 is 8.07 Å². The molecule has 0 amide bonds. The Balaban J connectivity index is 3.92.